The van der Waals surface area contributed by atoms with Gasteiger partial charge >= 0.3 is 0 Å². The van der Waals surface area contributed by atoms with Crippen molar-refractivity contribution in [3.8, 4) is 11.3 Å². The van der Waals surface area contributed by atoms with Crippen LogP contribution in [0.2, 0.25) is 0 Å². The van der Waals surface area contributed by atoms with E-state index in [4.69, 9.17) is 0 Å². The minimum absolute atomic E-state index is 0.0828. The summed E-state index contributed by atoms with van der Waals surface area (Å²) in [6.07, 6.45) is 0.981. The number of ketones is 1. The highest BCUT2D eigenvalue weighted by molar-refractivity contribution is 5.95. The zero-order valence-electron chi connectivity index (χ0n) is 10.3. The number of carbonyl (C=O) groups excluding carboxylic acids is 1. The van der Waals surface area contributed by atoms with Crippen molar-refractivity contribution in [2.75, 3.05) is 6.54 Å². The second kappa shape index (κ2) is 4.38. The number of rotatable bonds is 2. The Bertz CT molecular complexity index is 601. The largest absolute Gasteiger partial charge is 0.312 e. The van der Waals surface area contributed by atoms with Crippen molar-refractivity contribution >= 4 is 5.78 Å². The second-order valence-corrected chi connectivity index (χ2v) is 4.59. The van der Waals surface area contributed by atoms with E-state index in [0.29, 0.717) is 0 Å². The van der Waals surface area contributed by atoms with Gasteiger partial charge in [-0.05, 0) is 13.0 Å². The summed E-state index contributed by atoms with van der Waals surface area (Å²) >= 11 is 0. The Balaban J connectivity index is 2.07. The number of benzene rings is 1. The first kappa shape index (κ1) is 11.2. The van der Waals surface area contributed by atoms with Crippen molar-refractivity contribution in [1.82, 2.24) is 15.5 Å². The number of aromatic nitrogens is 2. The minimum Gasteiger partial charge on any atom is -0.312 e. The van der Waals surface area contributed by atoms with Crippen LogP contribution in [0.5, 0.6) is 0 Å². The molecule has 2 N–H and O–H groups in total. The number of nitrogens with zero attached hydrogens (tertiary/aromatic N) is 1. The molecule has 4 heteroatoms. The van der Waals surface area contributed by atoms with E-state index in [9.17, 15) is 4.79 Å². The van der Waals surface area contributed by atoms with E-state index in [2.05, 4.69) is 15.5 Å². The first-order chi connectivity index (χ1) is 8.75. The Hall–Kier alpha value is -1.94. The van der Waals surface area contributed by atoms with Gasteiger partial charge in [0.15, 0.2) is 5.78 Å². The number of nitrogens with one attached hydrogen (secondary N) is 2. The van der Waals surface area contributed by atoms with Gasteiger partial charge in [0.1, 0.15) is 0 Å². The first-order valence-corrected chi connectivity index (χ1v) is 6.14. The van der Waals surface area contributed by atoms with Crippen LogP contribution in [0.1, 0.15) is 28.5 Å². The number of aromatic amines is 1. The molecule has 1 aromatic carbocycles. The molecule has 18 heavy (non-hydrogen) atoms. The Labute approximate surface area is 105 Å². The minimum atomic E-state index is 0.0828. The van der Waals surface area contributed by atoms with Crippen LogP contribution >= 0.6 is 0 Å². The van der Waals surface area contributed by atoms with Crippen molar-refractivity contribution in [1.29, 1.82) is 0 Å². The van der Waals surface area contributed by atoms with Crippen LogP contribution in [0.15, 0.2) is 24.3 Å². The van der Waals surface area contributed by atoms with Gasteiger partial charge in [0.25, 0.3) is 0 Å². The average molecular weight is 241 g/mol. The van der Waals surface area contributed by atoms with Gasteiger partial charge in [-0.15, -0.1) is 0 Å². The zero-order chi connectivity index (χ0) is 12.5. The number of fused-ring (bicyclic) bond motifs is 1. The van der Waals surface area contributed by atoms with Crippen LogP contribution < -0.4 is 5.32 Å². The second-order valence-electron chi connectivity index (χ2n) is 4.59. The number of Topliss-reactive ketones (excluding diaryl/α,β-unsaturated/α-hetero) is 1. The summed E-state index contributed by atoms with van der Waals surface area (Å²) in [4.78, 5) is 11.4. The molecule has 4 nitrogen and oxygen atoms in total. The van der Waals surface area contributed by atoms with Crippen LogP contribution in [0.3, 0.4) is 0 Å². The maximum atomic E-state index is 11.4. The molecule has 92 valence electrons. The summed E-state index contributed by atoms with van der Waals surface area (Å²) in [6, 6.07) is 7.65. The molecule has 1 aliphatic rings. The molecular weight excluding hydrogens is 226 g/mol. The molecule has 0 aliphatic carbocycles. The molecule has 1 aliphatic heterocycles. The van der Waals surface area contributed by atoms with Gasteiger partial charge in [-0.1, -0.05) is 18.2 Å². The summed E-state index contributed by atoms with van der Waals surface area (Å²) < 4.78 is 0. The molecule has 0 saturated carbocycles. The summed E-state index contributed by atoms with van der Waals surface area (Å²) in [5, 5.41) is 10.8. The summed E-state index contributed by atoms with van der Waals surface area (Å²) in [7, 11) is 0. The maximum absolute atomic E-state index is 11.4. The fourth-order valence-electron chi connectivity index (χ4n) is 2.35. The molecule has 0 radical (unpaired) electrons. The van der Waals surface area contributed by atoms with Crippen molar-refractivity contribution in [2.24, 2.45) is 0 Å². The third-order valence-electron chi connectivity index (χ3n) is 3.35. The van der Waals surface area contributed by atoms with Gasteiger partial charge in [0, 0.05) is 41.9 Å². The number of carbonyl (C=O) groups is 1. The van der Waals surface area contributed by atoms with Crippen LogP contribution in [0, 0.1) is 0 Å². The lowest BCUT2D eigenvalue weighted by molar-refractivity contribution is 0.101. The van der Waals surface area contributed by atoms with E-state index in [0.717, 1.165) is 36.3 Å². The normalized spacial score (nSPS) is 14.3. The van der Waals surface area contributed by atoms with Gasteiger partial charge in [0.05, 0.1) is 5.69 Å². The molecule has 0 atom stereocenters. The van der Waals surface area contributed by atoms with Gasteiger partial charge in [-0.25, -0.2) is 0 Å². The Morgan fingerprint density at radius 1 is 1.39 bits per heavy atom. The summed E-state index contributed by atoms with van der Waals surface area (Å²) in [6.45, 7) is 3.41. The Morgan fingerprint density at radius 3 is 3.11 bits per heavy atom. The quantitative estimate of drug-likeness (QED) is 0.790. The lowest BCUT2D eigenvalue weighted by Gasteiger charge is -2.13. The maximum Gasteiger partial charge on any atom is 0.159 e. The van der Waals surface area contributed by atoms with Gasteiger partial charge in [-0.2, -0.15) is 5.10 Å². The van der Waals surface area contributed by atoms with Gasteiger partial charge in [-0.3, -0.25) is 9.89 Å². The van der Waals surface area contributed by atoms with E-state index in [1.54, 1.807) is 6.92 Å². The molecule has 3 rings (SSSR count). The highest BCUT2D eigenvalue weighted by atomic mass is 16.1. The Morgan fingerprint density at radius 2 is 2.28 bits per heavy atom. The predicted molar refractivity (Wildman–Crippen MR) is 69.4 cm³/mol. The molecule has 0 fully saturated rings. The molecule has 0 amide bonds. The Kier molecular flexibility index (Phi) is 2.72. The van der Waals surface area contributed by atoms with E-state index >= 15 is 0 Å². The standard InChI is InChI=1S/C14H15N3O/c1-9(18)10-3-2-4-11(7-10)14-12-8-15-6-5-13(12)16-17-14/h2-4,7,15H,5-6,8H2,1H3,(H,16,17). The van der Waals surface area contributed by atoms with Crippen LogP contribution in [0.25, 0.3) is 11.3 Å². The predicted octanol–water partition coefficient (Wildman–Crippen LogP) is 1.93. The average Bonchev–Trinajstić information content (AvgIpc) is 2.82. The third-order valence-corrected chi connectivity index (χ3v) is 3.35. The lowest BCUT2D eigenvalue weighted by atomic mass is 10.00. The van der Waals surface area contributed by atoms with Gasteiger partial charge < -0.3 is 5.32 Å². The summed E-state index contributed by atoms with van der Waals surface area (Å²) in [5.41, 5.74) is 5.12. The molecule has 0 unspecified atom stereocenters. The fraction of sp³-hybridized carbons (Fsp3) is 0.286. The molecular formula is C14H15N3O. The smallest absolute Gasteiger partial charge is 0.159 e. The molecule has 0 saturated heterocycles. The van der Waals surface area contributed by atoms with Crippen molar-refractivity contribution in [3.63, 3.8) is 0 Å². The van der Waals surface area contributed by atoms with E-state index in [-0.39, 0.29) is 5.78 Å². The van der Waals surface area contributed by atoms with E-state index < -0.39 is 0 Å². The molecule has 2 aromatic rings. The van der Waals surface area contributed by atoms with Crippen LogP contribution in [0.4, 0.5) is 0 Å². The number of hydrogen-bond donors (Lipinski definition) is 2. The first-order valence-electron chi connectivity index (χ1n) is 6.14. The highest BCUT2D eigenvalue weighted by Gasteiger charge is 2.17. The van der Waals surface area contributed by atoms with Crippen molar-refractivity contribution in [2.45, 2.75) is 19.9 Å². The molecule has 0 bridgehead atoms. The molecule has 2 heterocycles. The fourth-order valence-corrected chi connectivity index (χ4v) is 2.35. The third kappa shape index (κ3) is 1.84. The van der Waals surface area contributed by atoms with Crippen molar-refractivity contribution in [3.05, 3.63) is 41.1 Å². The van der Waals surface area contributed by atoms with Crippen molar-refractivity contribution < 1.29 is 4.79 Å². The highest BCUT2D eigenvalue weighted by Crippen LogP contribution is 2.26. The lowest BCUT2D eigenvalue weighted by Crippen LogP contribution is -2.23. The van der Waals surface area contributed by atoms with E-state index in [1.165, 1.54) is 11.3 Å². The summed E-state index contributed by atoms with van der Waals surface area (Å²) in [5.74, 6) is 0.0828. The number of hydrogen-bond acceptors (Lipinski definition) is 3. The zero-order valence-corrected chi connectivity index (χ0v) is 10.3. The molecule has 0 spiro atoms. The monoisotopic (exact) mass is 241 g/mol. The van der Waals surface area contributed by atoms with Crippen LogP contribution in [-0.4, -0.2) is 22.5 Å². The SMILES string of the molecule is CC(=O)c1cccc(-c2n[nH]c3c2CNCC3)c1. The van der Waals surface area contributed by atoms with Crippen LogP contribution in [-0.2, 0) is 13.0 Å². The van der Waals surface area contributed by atoms with E-state index in [1.807, 2.05) is 24.3 Å². The number of H-pyrrole nitrogens is 1. The topological polar surface area (TPSA) is 57.8 Å². The van der Waals surface area contributed by atoms with Gasteiger partial charge in [0.2, 0.25) is 0 Å². The molecule has 1 aromatic heterocycles.